The SMILES string of the molecule is O=C(CN1CCN(c2ccccn2)CC1)Nc1nc(-c2ccco2)c(C(=O)c2ccccn2)s1. The first-order valence-electron chi connectivity index (χ1n) is 10.9. The van der Waals surface area contributed by atoms with Crippen molar-refractivity contribution in [3.8, 4) is 11.5 Å². The molecule has 0 bridgehead atoms. The third kappa shape index (κ3) is 4.87. The quantitative estimate of drug-likeness (QED) is 0.407. The number of anilines is 2. The van der Waals surface area contributed by atoms with Gasteiger partial charge in [-0.05, 0) is 36.4 Å². The predicted octanol–water partition coefficient (Wildman–Crippen LogP) is 3.18. The van der Waals surface area contributed by atoms with Crippen molar-refractivity contribution in [1.82, 2.24) is 19.9 Å². The van der Waals surface area contributed by atoms with Crippen molar-refractivity contribution in [3.05, 3.63) is 77.8 Å². The highest BCUT2D eigenvalue weighted by Crippen LogP contribution is 2.33. The third-order valence-corrected chi connectivity index (χ3v) is 6.41. The topological polar surface area (TPSA) is 104 Å². The highest BCUT2D eigenvalue weighted by molar-refractivity contribution is 7.18. The van der Waals surface area contributed by atoms with E-state index in [-0.39, 0.29) is 18.2 Å². The highest BCUT2D eigenvalue weighted by Gasteiger charge is 2.25. The van der Waals surface area contributed by atoms with Crippen molar-refractivity contribution >= 4 is 34.0 Å². The summed E-state index contributed by atoms with van der Waals surface area (Å²) in [5.41, 5.74) is 0.701. The molecule has 5 heterocycles. The summed E-state index contributed by atoms with van der Waals surface area (Å²) in [5, 5.41) is 3.20. The van der Waals surface area contributed by atoms with Crippen molar-refractivity contribution in [2.45, 2.75) is 0 Å². The van der Waals surface area contributed by atoms with Gasteiger partial charge in [-0.15, -0.1) is 0 Å². The van der Waals surface area contributed by atoms with Crippen molar-refractivity contribution in [2.75, 3.05) is 42.9 Å². The molecule has 1 amide bonds. The predicted molar refractivity (Wildman–Crippen MR) is 129 cm³/mol. The lowest BCUT2D eigenvalue weighted by Crippen LogP contribution is -2.48. The monoisotopic (exact) mass is 474 g/mol. The van der Waals surface area contributed by atoms with E-state index in [2.05, 4.69) is 30.1 Å². The van der Waals surface area contributed by atoms with Gasteiger partial charge in [0.2, 0.25) is 11.7 Å². The zero-order valence-corrected chi connectivity index (χ0v) is 19.1. The number of ketones is 1. The Morgan fingerprint density at radius 2 is 1.76 bits per heavy atom. The van der Waals surface area contributed by atoms with Crippen LogP contribution in [0.25, 0.3) is 11.5 Å². The van der Waals surface area contributed by atoms with Crippen molar-refractivity contribution < 1.29 is 14.0 Å². The zero-order valence-electron chi connectivity index (χ0n) is 18.3. The minimum absolute atomic E-state index is 0.178. The van der Waals surface area contributed by atoms with E-state index in [9.17, 15) is 9.59 Å². The second kappa shape index (κ2) is 9.94. The van der Waals surface area contributed by atoms with E-state index in [4.69, 9.17) is 4.42 Å². The zero-order chi connectivity index (χ0) is 23.3. The first kappa shape index (κ1) is 21.9. The number of hydrogen-bond donors (Lipinski definition) is 1. The molecule has 0 spiro atoms. The number of thiazole rings is 1. The van der Waals surface area contributed by atoms with Crippen LogP contribution in [0.15, 0.2) is 71.6 Å². The fraction of sp³-hybridized carbons (Fsp3) is 0.208. The summed E-state index contributed by atoms with van der Waals surface area (Å²) < 4.78 is 5.47. The summed E-state index contributed by atoms with van der Waals surface area (Å²) in [6.07, 6.45) is 4.87. The van der Waals surface area contributed by atoms with Gasteiger partial charge in [-0.2, -0.15) is 0 Å². The van der Waals surface area contributed by atoms with Crippen LogP contribution in [0.2, 0.25) is 0 Å². The van der Waals surface area contributed by atoms with E-state index in [1.54, 1.807) is 42.7 Å². The minimum Gasteiger partial charge on any atom is -0.463 e. The molecule has 0 radical (unpaired) electrons. The Balaban J connectivity index is 1.25. The largest absolute Gasteiger partial charge is 0.463 e. The second-order valence-electron chi connectivity index (χ2n) is 7.72. The lowest BCUT2D eigenvalue weighted by atomic mass is 10.1. The molecule has 1 fully saturated rings. The Morgan fingerprint density at radius 3 is 2.44 bits per heavy atom. The van der Waals surface area contributed by atoms with E-state index < -0.39 is 0 Å². The molecule has 9 nitrogen and oxygen atoms in total. The van der Waals surface area contributed by atoms with Gasteiger partial charge in [0.25, 0.3) is 0 Å². The maximum Gasteiger partial charge on any atom is 0.240 e. The fourth-order valence-electron chi connectivity index (χ4n) is 3.76. The molecule has 1 N–H and O–H groups in total. The van der Waals surface area contributed by atoms with E-state index in [1.807, 2.05) is 18.2 Å². The number of nitrogens with one attached hydrogen (secondary N) is 1. The molecule has 0 saturated carbocycles. The lowest BCUT2D eigenvalue weighted by molar-refractivity contribution is -0.117. The van der Waals surface area contributed by atoms with Crippen LogP contribution in [0.1, 0.15) is 15.4 Å². The molecule has 0 aromatic carbocycles. The maximum absolute atomic E-state index is 13.1. The molecule has 5 rings (SSSR count). The van der Waals surface area contributed by atoms with Gasteiger partial charge in [-0.25, -0.2) is 9.97 Å². The Morgan fingerprint density at radius 1 is 0.971 bits per heavy atom. The number of nitrogens with zero attached hydrogens (tertiary/aromatic N) is 5. The molecule has 4 aromatic heterocycles. The van der Waals surface area contributed by atoms with Crippen LogP contribution >= 0.6 is 11.3 Å². The summed E-state index contributed by atoms with van der Waals surface area (Å²) in [6, 6.07) is 14.5. The number of pyridine rings is 2. The van der Waals surface area contributed by atoms with E-state index in [0.717, 1.165) is 43.3 Å². The first-order valence-corrected chi connectivity index (χ1v) is 11.7. The molecule has 0 aliphatic carbocycles. The van der Waals surface area contributed by atoms with Gasteiger partial charge in [0.1, 0.15) is 22.1 Å². The molecule has 34 heavy (non-hydrogen) atoms. The Kier molecular flexibility index (Phi) is 6.41. The molecule has 0 unspecified atom stereocenters. The summed E-state index contributed by atoms with van der Waals surface area (Å²) in [7, 11) is 0. The van der Waals surface area contributed by atoms with Crippen LogP contribution in [0.3, 0.4) is 0 Å². The molecular weight excluding hydrogens is 452 g/mol. The number of hydrogen-bond acceptors (Lipinski definition) is 9. The molecule has 10 heteroatoms. The third-order valence-electron chi connectivity index (χ3n) is 5.44. The molecule has 0 atom stereocenters. The molecule has 1 aliphatic heterocycles. The smallest absolute Gasteiger partial charge is 0.240 e. The minimum atomic E-state index is -0.268. The van der Waals surface area contributed by atoms with E-state index in [0.29, 0.717) is 27.2 Å². The number of aromatic nitrogens is 3. The van der Waals surface area contributed by atoms with Gasteiger partial charge in [-0.1, -0.05) is 23.5 Å². The number of amides is 1. The van der Waals surface area contributed by atoms with Crippen molar-refractivity contribution in [2.24, 2.45) is 0 Å². The van der Waals surface area contributed by atoms with E-state index in [1.165, 1.54) is 6.26 Å². The van der Waals surface area contributed by atoms with Gasteiger partial charge in [0.15, 0.2) is 10.9 Å². The number of carbonyl (C=O) groups excluding carboxylic acids is 2. The summed E-state index contributed by atoms with van der Waals surface area (Å²) in [5.74, 6) is 0.963. The lowest BCUT2D eigenvalue weighted by Gasteiger charge is -2.34. The van der Waals surface area contributed by atoms with Gasteiger partial charge < -0.3 is 14.6 Å². The standard InChI is InChI=1S/C24H22N6O3S/c31-20(16-29-11-13-30(14-12-29)19-8-2-4-10-26-19)27-24-28-21(18-7-5-15-33-18)23(34-24)22(32)17-6-1-3-9-25-17/h1-10,15H,11-14,16H2,(H,27,28,31). The van der Waals surface area contributed by atoms with Crippen LogP contribution in [-0.2, 0) is 4.79 Å². The van der Waals surface area contributed by atoms with Crippen LogP contribution in [0.4, 0.5) is 10.9 Å². The molecule has 1 aliphatic rings. The van der Waals surface area contributed by atoms with Gasteiger partial charge >= 0.3 is 0 Å². The average molecular weight is 475 g/mol. The number of carbonyl (C=O) groups is 2. The van der Waals surface area contributed by atoms with Gasteiger partial charge in [0, 0.05) is 38.6 Å². The number of furan rings is 1. The summed E-state index contributed by atoms with van der Waals surface area (Å²) >= 11 is 1.12. The maximum atomic E-state index is 13.1. The first-order chi connectivity index (χ1) is 16.7. The molecular formula is C24H22N6O3S. The molecule has 4 aromatic rings. The van der Waals surface area contributed by atoms with Crippen molar-refractivity contribution in [3.63, 3.8) is 0 Å². The highest BCUT2D eigenvalue weighted by atomic mass is 32.1. The summed E-state index contributed by atoms with van der Waals surface area (Å²) in [4.78, 5) is 43.5. The molecule has 1 saturated heterocycles. The van der Waals surface area contributed by atoms with Crippen LogP contribution in [0.5, 0.6) is 0 Å². The number of rotatable bonds is 7. The normalized spacial score (nSPS) is 14.2. The summed E-state index contributed by atoms with van der Waals surface area (Å²) in [6.45, 7) is 3.35. The van der Waals surface area contributed by atoms with Crippen molar-refractivity contribution in [1.29, 1.82) is 0 Å². The van der Waals surface area contributed by atoms with Crippen LogP contribution < -0.4 is 10.2 Å². The average Bonchev–Trinajstić information content (AvgIpc) is 3.55. The van der Waals surface area contributed by atoms with Crippen LogP contribution in [0, 0.1) is 0 Å². The second-order valence-corrected chi connectivity index (χ2v) is 8.72. The van der Waals surface area contributed by atoms with E-state index >= 15 is 0 Å². The Hall–Kier alpha value is -3.89. The number of piperazine rings is 1. The Bertz CT molecular complexity index is 1250. The van der Waals surface area contributed by atoms with Gasteiger partial charge in [-0.3, -0.25) is 19.5 Å². The van der Waals surface area contributed by atoms with Gasteiger partial charge in [0.05, 0.1) is 12.8 Å². The van der Waals surface area contributed by atoms with Crippen LogP contribution in [-0.4, -0.2) is 64.3 Å². The molecule has 172 valence electrons. The Labute approximate surface area is 200 Å². The fourth-order valence-corrected chi connectivity index (χ4v) is 4.69.